The summed E-state index contributed by atoms with van der Waals surface area (Å²) in [6.07, 6.45) is 1.68. The van der Waals surface area contributed by atoms with Crippen molar-refractivity contribution in [3.8, 4) is 5.69 Å². The number of hydrogen-bond donors (Lipinski definition) is 1. The van der Waals surface area contributed by atoms with E-state index in [1.54, 1.807) is 0 Å². The van der Waals surface area contributed by atoms with Gasteiger partial charge in [-0.15, -0.1) is 10.2 Å². The van der Waals surface area contributed by atoms with Crippen molar-refractivity contribution in [3.05, 3.63) is 71.5 Å². The summed E-state index contributed by atoms with van der Waals surface area (Å²) in [7, 11) is 0. The number of nitrogens with one attached hydrogen (secondary N) is 1. The average molecular weight is 409 g/mol. The van der Waals surface area contributed by atoms with Gasteiger partial charge in [-0.2, -0.15) is 0 Å². The van der Waals surface area contributed by atoms with Crippen LogP contribution in [0, 0.1) is 12.8 Å². The molecule has 0 fully saturated rings. The molecule has 0 bridgehead atoms. The molecule has 0 aliphatic carbocycles. The quantitative estimate of drug-likeness (QED) is 0.539. The fourth-order valence-electron chi connectivity index (χ4n) is 2.91. The summed E-state index contributed by atoms with van der Waals surface area (Å²) in [4.78, 5) is 12.1. The predicted octanol–water partition coefficient (Wildman–Crippen LogP) is 4.23. The van der Waals surface area contributed by atoms with Crippen LogP contribution in [0.4, 0.5) is 0 Å². The van der Waals surface area contributed by atoms with Crippen LogP contribution in [0.25, 0.3) is 5.69 Å². The van der Waals surface area contributed by atoms with Crippen LogP contribution in [0.3, 0.4) is 0 Å². The maximum atomic E-state index is 12.1. The Labute approximate surface area is 176 Å². The molecule has 0 aliphatic rings. The molecule has 0 unspecified atom stereocenters. The number of nitrogens with zero attached hydrogens (tertiary/aromatic N) is 3. The molecule has 0 atom stereocenters. The molecule has 1 aromatic heterocycles. The highest BCUT2D eigenvalue weighted by Gasteiger charge is 2.16. The molecule has 3 aromatic rings. The number of hydrogen-bond acceptors (Lipinski definition) is 4. The Morgan fingerprint density at radius 2 is 1.76 bits per heavy atom. The second-order valence-corrected chi connectivity index (χ2v) is 8.48. The van der Waals surface area contributed by atoms with Gasteiger partial charge in [0.1, 0.15) is 5.82 Å². The molecule has 1 amide bonds. The van der Waals surface area contributed by atoms with Crippen molar-refractivity contribution >= 4 is 17.7 Å². The lowest BCUT2D eigenvalue weighted by Gasteiger charge is -2.11. The van der Waals surface area contributed by atoms with Crippen molar-refractivity contribution < 1.29 is 4.79 Å². The van der Waals surface area contributed by atoms with Gasteiger partial charge in [0.05, 0.1) is 5.75 Å². The lowest BCUT2D eigenvalue weighted by molar-refractivity contribution is -0.118. The number of amides is 1. The van der Waals surface area contributed by atoms with Crippen molar-refractivity contribution in [1.82, 2.24) is 20.1 Å². The minimum Gasteiger partial charge on any atom is -0.355 e. The summed E-state index contributed by atoms with van der Waals surface area (Å²) < 4.78 is 2.07. The molecule has 0 saturated carbocycles. The molecule has 6 heteroatoms. The highest BCUT2D eigenvalue weighted by molar-refractivity contribution is 7.99. The minimum absolute atomic E-state index is 0.0213. The number of rotatable bonds is 9. The van der Waals surface area contributed by atoms with E-state index in [1.165, 1.54) is 22.9 Å². The van der Waals surface area contributed by atoms with Gasteiger partial charge in [-0.25, -0.2) is 0 Å². The van der Waals surface area contributed by atoms with Gasteiger partial charge in [-0.05, 0) is 37.0 Å². The zero-order chi connectivity index (χ0) is 20.6. The fourth-order valence-corrected chi connectivity index (χ4v) is 3.71. The van der Waals surface area contributed by atoms with E-state index in [2.05, 4.69) is 89.4 Å². The van der Waals surface area contributed by atoms with E-state index in [0.29, 0.717) is 18.2 Å². The van der Waals surface area contributed by atoms with Gasteiger partial charge in [0.25, 0.3) is 0 Å². The number of carbonyl (C=O) groups is 1. The van der Waals surface area contributed by atoms with Crippen LogP contribution in [0.5, 0.6) is 0 Å². The molecule has 5 nitrogen and oxygen atoms in total. The normalized spacial score (nSPS) is 11.0. The molecule has 152 valence electrons. The Kier molecular flexibility index (Phi) is 7.47. The van der Waals surface area contributed by atoms with Crippen LogP contribution in [0.15, 0.2) is 59.8 Å². The van der Waals surface area contributed by atoms with Crippen molar-refractivity contribution in [2.45, 2.75) is 38.8 Å². The molecule has 3 rings (SSSR count). The van der Waals surface area contributed by atoms with Crippen LogP contribution in [-0.4, -0.2) is 33.0 Å². The first-order chi connectivity index (χ1) is 14.0. The van der Waals surface area contributed by atoms with Gasteiger partial charge in [-0.3, -0.25) is 9.36 Å². The van der Waals surface area contributed by atoms with Crippen molar-refractivity contribution in [1.29, 1.82) is 0 Å². The van der Waals surface area contributed by atoms with E-state index in [1.807, 2.05) is 6.07 Å². The van der Waals surface area contributed by atoms with Crippen LogP contribution in [-0.2, 0) is 17.6 Å². The number of carbonyl (C=O) groups excluding carboxylic acids is 1. The van der Waals surface area contributed by atoms with Crippen molar-refractivity contribution in [2.24, 2.45) is 5.92 Å². The first-order valence-corrected chi connectivity index (χ1v) is 11.0. The van der Waals surface area contributed by atoms with Crippen LogP contribution in [0.2, 0.25) is 0 Å². The SMILES string of the molecule is Cc1ccc(-n2c(CCc3ccccc3)nnc2SCC(=O)NCC(C)C)cc1. The highest BCUT2D eigenvalue weighted by Crippen LogP contribution is 2.23. The second kappa shape index (κ2) is 10.3. The molecule has 0 aliphatic heterocycles. The van der Waals surface area contributed by atoms with Gasteiger partial charge in [0.2, 0.25) is 5.91 Å². The molecule has 29 heavy (non-hydrogen) atoms. The third kappa shape index (κ3) is 6.19. The minimum atomic E-state index is 0.0213. The van der Waals surface area contributed by atoms with Gasteiger partial charge < -0.3 is 5.32 Å². The molecule has 1 heterocycles. The zero-order valence-electron chi connectivity index (χ0n) is 17.3. The maximum absolute atomic E-state index is 12.1. The van der Waals surface area contributed by atoms with Crippen molar-refractivity contribution in [2.75, 3.05) is 12.3 Å². The summed E-state index contributed by atoms with van der Waals surface area (Å²) in [6.45, 7) is 6.92. The summed E-state index contributed by atoms with van der Waals surface area (Å²) in [5, 5.41) is 12.5. The number of aryl methyl sites for hydroxylation is 3. The second-order valence-electron chi connectivity index (χ2n) is 7.54. The van der Waals surface area contributed by atoms with E-state index in [4.69, 9.17) is 0 Å². The third-order valence-electron chi connectivity index (χ3n) is 4.51. The molecule has 1 N–H and O–H groups in total. The first-order valence-electron chi connectivity index (χ1n) is 9.97. The predicted molar refractivity (Wildman–Crippen MR) is 119 cm³/mol. The smallest absolute Gasteiger partial charge is 0.230 e. The number of thioether (sulfide) groups is 1. The average Bonchev–Trinajstić information content (AvgIpc) is 3.13. The Balaban J connectivity index is 1.77. The van der Waals surface area contributed by atoms with Crippen LogP contribution < -0.4 is 5.32 Å². The fraction of sp³-hybridized carbons (Fsp3) is 0.348. The molecule has 2 aromatic carbocycles. The third-order valence-corrected chi connectivity index (χ3v) is 5.44. The van der Waals surface area contributed by atoms with E-state index in [-0.39, 0.29) is 5.91 Å². The van der Waals surface area contributed by atoms with E-state index in [9.17, 15) is 4.79 Å². The topological polar surface area (TPSA) is 59.8 Å². The Hall–Kier alpha value is -2.60. The largest absolute Gasteiger partial charge is 0.355 e. The lowest BCUT2D eigenvalue weighted by atomic mass is 10.1. The summed E-state index contributed by atoms with van der Waals surface area (Å²) in [5.41, 5.74) is 3.50. The number of aromatic nitrogens is 3. The van der Waals surface area contributed by atoms with Gasteiger partial charge in [0.15, 0.2) is 5.16 Å². The number of benzene rings is 2. The van der Waals surface area contributed by atoms with Gasteiger partial charge >= 0.3 is 0 Å². The Morgan fingerprint density at radius 1 is 1.03 bits per heavy atom. The molecular weight excluding hydrogens is 380 g/mol. The summed E-state index contributed by atoms with van der Waals surface area (Å²) in [5.74, 6) is 1.69. The first kappa shape index (κ1) is 21.1. The zero-order valence-corrected chi connectivity index (χ0v) is 18.1. The van der Waals surface area contributed by atoms with Crippen LogP contribution >= 0.6 is 11.8 Å². The molecule has 0 saturated heterocycles. The van der Waals surface area contributed by atoms with E-state index in [0.717, 1.165) is 29.5 Å². The van der Waals surface area contributed by atoms with Gasteiger partial charge in [0, 0.05) is 18.7 Å². The summed E-state index contributed by atoms with van der Waals surface area (Å²) >= 11 is 1.43. The molecular formula is C23H28N4OS. The molecule has 0 radical (unpaired) electrons. The Morgan fingerprint density at radius 3 is 2.45 bits per heavy atom. The van der Waals surface area contributed by atoms with E-state index >= 15 is 0 Å². The maximum Gasteiger partial charge on any atom is 0.230 e. The lowest BCUT2D eigenvalue weighted by Crippen LogP contribution is -2.28. The van der Waals surface area contributed by atoms with Crippen molar-refractivity contribution in [3.63, 3.8) is 0 Å². The highest BCUT2D eigenvalue weighted by atomic mass is 32.2. The van der Waals surface area contributed by atoms with E-state index < -0.39 is 0 Å². The standard InChI is InChI=1S/C23H28N4OS/c1-17(2)15-24-22(28)16-29-23-26-25-21(14-11-19-7-5-4-6-8-19)27(23)20-12-9-18(3)10-13-20/h4-10,12-13,17H,11,14-16H2,1-3H3,(H,24,28). The van der Waals surface area contributed by atoms with Crippen LogP contribution in [0.1, 0.15) is 30.8 Å². The monoisotopic (exact) mass is 408 g/mol. The Bertz CT molecular complexity index is 920. The summed E-state index contributed by atoms with van der Waals surface area (Å²) in [6, 6.07) is 18.7. The molecule has 0 spiro atoms. The van der Waals surface area contributed by atoms with Gasteiger partial charge in [-0.1, -0.05) is 73.6 Å².